The molecule has 2 heteroatoms. The fourth-order valence-corrected chi connectivity index (χ4v) is 2.73. The van der Waals surface area contributed by atoms with Crippen molar-refractivity contribution in [3.63, 3.8) is 0 Å². The first-order valence-electron chi connectivity index (χ1n) is 6.63. The topological polar surface area (TPSA) is 28.4 Å². The number of carbonyl (C=O) groups excluding carboxylic acids is 1. The smallest absolute Gasteiger partial charge is 0.294 e. The number of hydrogen-bond donors (Lipinski definition) is 0. The summed E-state index contributed by atoms with van der Waals surface area (Å²) >= 11 is 0. The normalized spacial score (nSPS) is 17.1. The summed E-state index contributed by atoms with van der Waals surface area (Å²) < 4.78 is 5.68. The molecule has 0 N–H and O–H groups in total. The van der Waals surface area contributed by atoms with Gasteiger partial charge in [-0.3, -0.25) is 4.79 Å². The summed E-state index contributed by atoms with van der Waals surface area (Å²) in [5.41, 5.74) is 2.75. The van der Waals surface area contributed by atoms with Crippen molar-refractivity contribution < 1.29 is 9.21 Å². The Hall–Kier alpha value is -1.96. The van der Waals surface area contributed by atoms with E-state index in [1.807, 2.05) is 36.4 Å². The van der Waals surface area contributed by atoms with Gasteiger partial charge >= 0.3 is 12.0 Å². The second kappa shape index (κ2) is 4.30. The highest BCUT2D eigenvalue weighted by Gasteiger charge is 2.43. The molecule has 0 bridgehead atoms. The summed E-state index contributed by atoms with van der Waals surface area (Å²) in [5, 5.41) is 0. The van der Waals surface area contributed by atoms with Crippen LogP contribution in [0.15, 0.2) is 47.1 Å². The highest BCUT2D eigenvalue weighted by Crippen LogP contribution is 2.40. The second-order valence-electron chi connectivity index (χ2n) is 5.71. The number of Topliss-reactive ketones (excluding diaryl/α,β-unsaturated/α-hetero) is 1. The van der Waals surface area contributed by atoms with Crippen LogP contribution >= 0.6 is 0 Å². The monoisotopic (exact) mass is 253 g/mol. The van der Waals surface area contributed by atoms with Crippen LogP contribution in [0.2, 0.25) is 0 Å². The van der Waals surface area contributed by atoms with E-state index in [1.54, 1.807) is 6.26 Å². The number of fused-ring (bicyclic) bond motifs is 1. The van der Waals surface area contributed by atoms with Gasteiger partial charge in [-0.2, -0.15) is 0 Å². The predicted octanol–water partition coefficient (Wildman–Crippen LogP) is 4.48. The Labute approximate surface area is 113 Å². The third kappa shape index (κ3) is 1.97. The average molecular weight is 253 g/mol. The highest BCUT2D eigenvalue weighted by molar-refractivity contribution is 6.04. The minimum Gasteiger partial charge on any atom is -0.294 e. The quantitative estimate of drug-likeness (QED) is 0.701. The Kier molecular flexibility index (Phi) is 2.74. The van der Waals surface area contributed by atoms with Crippen molar-refractivity contribution in [2.45, 2.75) is 32.1 Å². The number of ketones is 1. The van der Waals surface area contributed by atoms with Gasteiger partial charge < -0.3 is 0 Å². The molecule has 0 saturated heterocycles. The molecule has 1 aromatic carbocycles. The second-order valence-corrected chi connectivity index (χ2v) is 5.71. The van der Waals surface area contributed by atoms with E-state index in [4.69, 9.17) is 4.42 Å². The zero-order valence-electron chi connectivity index (χ0n) is 11.3. The minimum atomic E-state index is -0.0754. The average Bonchev–Trinajstić information content (AvgIpc) is 2.44. The van der Waals surface area contributed by atoms with Gasteiger partial charge in [-0.1, -0.05) is 30.3 Å². The largest absolute Gasteiger partial charge is 0.345 e. The first-order valence-corrected chi connectivity index (χ1v) is 6.63. The first-order chi connectivity index (χ1) is 9.09. The van der Waals surface area contributed by atoms with E-state index >= 15 is 0 Å². The van der Waals surface area contributed by atoms with Crippen molar-refractivity contribution in [2.75, 3.05) is 0 Å². The number of rotatable bonds is 1. The fourth-order valence-electron chi connectivity index (χ4n) is 2.73. The van der Waals surface area contributed by atoms with Crippen molar-refractivity contribution in [1.82, 2.24) is 0 Å². The van der Waals surface area contributed by atoms with Crippen molar-refractivity contribution >= 4 is 5.78 Å². The number of carbonyl (C=O) groups is 1. The molecule has 0 aliphatic heterocycles. The van der Waals surface area contributed by atoms with Crippen LogP contribution in [0.1, 0.15) is 42.8 Å². The van der Waals surface area contributed by atoms with Gasteiger partial charge in [0.1, 0.15) is 5.56 Å². The van der Waals surface area contributed by atoms with E-state index in [2.05, 4.69) is 13.8 Å². The molecule has 19 heavy (non-hydrogen) atoms. The van der Waals surface area contributed by atoms with Gasteiger partial charge in [0.05, 0.1) is 5.41 Å². The molecule has 1 heterocycles. The van der Waals surface area contributed by atoms with Crippen molar-refractivity contribution in [2.24, 2.45) is 0 Å². The van der Waals surface area contributed by atoms with Gasteiger partial charge in [-0.05, 0) is 25.8 Å². The van der Waals surface area contributed by atoms with Gasteiger partial charge in [0.2, 0.25) is 0 Å². The molecule has 0 saturated carbocycles. The van der Waals surface area contributed by atoms with E-state index in [9.17, 15) is 4.79 Å². The maximum absolute atomic E-state index is 12.3. The van der Waals surface area contributed by atoms with E-state index in [0.717, 1.165) is 28.9 Å². The molecule has 0 fully saturated rings. The third-order valence-corrected chi connectivity index (χ3v) is 3.87. The van der Waals surface area contributed by atoms with Gasteiger partial charge in [0.25, 0.3) is 0 Å². The van der Waals surface area contributed by atoms with E-state index in [1.165, 1.54) is 0 Å². The van der Waals surface area contributed by atoms with Crippen molar-refractivity contribution in [1.29, 1.82) is 0 Å². The zero-order chi connectivity index (χ0) is 13.5. The first kappa shape index (κ1) is 12.1. The Morgan fingerprint density at radius 3 is 2.58 bits per heavy atom. The van der Waals surface area contributed by atoms with Crippen LogP contribution in [0.4, 0.5) is 0 Å². The van der Waals surface area contributed by atoms with Crippen molar-refractivity contribution in [3.05, 3.63) is 54.0 Å². The van der Waals surface area contributed by atoms with Crippen LogP contribution in [0, 0.1) is 0 Å². The van der Waals surface area contributed by atoms with E-state index < -0.39 is 0 Å². The fraction of sp³-hybridized carbons (Fsp3) is 0.294. The van der Waals surface area contributed by atoms with Gasteiger partial charge in [0.15, 0.2) is 5.78 Å². The third-order valence-electron chi connectivity index (χ3n) is 3.87. The predicted molar refractivity (Wildman–Crippen MR) is 75.1 cm³/mol. The Balaban J connectivity index is 2.27. The lowest BCUT2D eigenvalue weighted by Gasteiger charge is -2.24. The molecular formula is C17H17O2+. The van der Waals surface area contributed by atoms with Crippen molar-refractivity contribution in [3.8, 4) is 11.1 Å². The minimum absolute atomic E-state index is 0.0754. The standard InChI is InChI=1S/C17H17O2/c1-17(2)10-8-14(18)15-13(9-11-19-16(15)17)12-6-4-3-5-7-12/h3-7,9,11H,8,10H2,1-2H3/q+1. The molecule has 96 valence electrons. The molecule has 2 nitrogen and oxygen atoms in total. The zero-order valence-corrected chi connectivity index (χ0v) is 11.3. The molecule has 3 rings (SSSR count). The molecule has 1 aromatic heterocycles. The molecule has 0 unspecified atom stereocenters. The summed E-state index contributed by atoms with van der Waals surface area (Å²) in [4.78, 5) is 12.3. The molecule has 2 aromatic rings. The Bertz CT molecular complexity index is 627. The van der Waals surface area contributed by atoms with E-state index in [0.29, 0.717) is 6.42 Å². The lowest BCUT2D eigenvalue weighted by molar-refractivity contribution is 0.0945. The summed E-state index contributed by atoms with van der Waals surface area (Å²) in [6.07, 6.45) is 3.14. The molecule has 1 aliphatic carbocycles. The van der Waals surface area contributed by atoms with Gasteiger partial charge in [0, 0.05) is 18.1 Å². The molecular weight excluding hydrogens is 236 g/mol. The maximum atomic E-state index is 12.3. The molecule has 0 atom stereocenters. The van der Waals surface area contributed by atoms with Crippen LogP contribution in [-0.2, 0) is 5.41 Å². The van der Waals surface area contributed by atoms with Crippen LogP contribution in [0.5, 0.6) is 0 Å². The lowest BCUT2D eigenvalue weighted by Crippen LogP contribution is -2.27. The number of hydrogen-bond acceptors (Lipinski definition) is 1. The van der Waals surface area contributed by atoms with E-state index in [-0.39, 0.29) is 11.2 Å². The molecule has 0 amide bonds. The maximum Gasteiger partial charge on any atom is 0.345 e. The summed E-state index contributed by atoms with van der Waals surface area (Å²) in [6, 6.07) is 11.9. The van der Waals surface area contributed by atoms with Crippen LogP contribution in [0.3, 0.4) is 0 Å². The number of benzene rings is 1. The summed E-state index contributed by atoms with van der Waals surface area (Å²) in [7, 11) is 0. The summed E-state index contributed by atoms with van der Waals surface area (Å²) in [6.45, 7) is 4.27. The highest BCUT2D eigenvalue weighted by atomic mass is 16.3. The van der Waals surface area contributed by atoms with Crippen LogP contribution in [0.25, 0.3) is 11.1 Å². The van der Waals surface area contributed by atoms with Crippen LogP contribution in [-0.4, -0.2) is 5.78 Å². The molecule has 0 spiro atoms. The molecule has 1 aliphatic rings. The summed E-state index contributed by atoms with van der Waals surface area (Å²) in [5.74, 6) is 1.02. The SMILES string of the molecule is CC1(C)CCC(=O)c2c(-c3ccccc3)cc[o+]c21. The van der Waals surface area contributed by atoms with Crippen LogP contribution < -0.4 is 0 Å². The Morgan fingerprint density at radius 2 is 1.84 bits per heavy atom. The Morgan fingerprint density at radius 1 is 1.11 bits per heavy atom. The lowest BCUT2D eigenvalue weighted by atomic mass is 9.74. The van der Waals surface area contributed by atoms with Gasteiger partial charge in [-0.25, -0.2) is 4.42 Å². The van der Waals surface area contributed by atoms with Gasteiger partial charge in [-0.15, -0.1) is 0 Å². The molecule has 0 radical (unpaired) electrons.